The van der Waals surface area contributed by atoms with Gasteiger partial charge in [-0.1, -0.05) is 6.07 Å². The van der Waals surface area contributed by atoms with Crippen molar-refractivity contribution < 1.29 is 13.7 Å². The van der Waals surface area contributed by atoms with Crippen molar-refractivity contribution in [2.45, 2.75) is 6.42 Å². The Morgan fingerprint density at radius 2 is 1.86 bits per heavy atom. The fourth-order valence-corrected chi connectivity index (χ4v) is 2.00. The van der Waals surface area contributed by atoms with Crippen molar-refractivity contribution in [2.24, 2.45) is 0 Å². The summed E-state index contributed by atoms with van der Waals surface area (Å²) >= 11 is 0. The highest BCUT2D eigenvalue weighted by Crippen LogP contribution is 2.30. The Labute approximate surface area is 119 Å². The number of benzene rings is 2. The van der Waals surface area contributed by atoms with Gasteiger partial charge in [0.25, 0.3) is 0 Å². The fourth-order valence-electron chi connectivity index (χ4n) is 2.00. The Morgan fingerprint density at radius 1 is 1.19 bits per heavy atom. The number of nitrogen functional groups attached to an aromatic ring is 1. The fraction of sp³-hybridized carbons (Fsp3) is 0.143. The van der Waals surface area contributed by atoms with E-state index < -0.39 is 16.6 Å². The van der Waals surface area contributed by atoms with E-state index in [9.17, 15) is 18.9 Å². The number of nitrogens with zero attached hydrogens (tertiary/aromatic N) is 1. The highest BCUT2D eigenvalue weighted by atomic mass is 19.1. The maximum absolute atomic E-state index is 13.0. The summed E-state index contributed by atoms with van der Waals surface area (Å²) in [5.74, 6) is -1.31. The number of rotatable bonds is 5. The molecule has 0 aliphatic rings. The van der Waals surface area contributed by atoms with E-state index in [0.29, 0.717) is 12.0 Å². The minimum absolute atomic E-state index is 0.0572. The van der Waals surface area contributed by atoms with E-state index in [-0.39, 0.29) is 23.6 Å². The summed E-state index contributed by atoms with van der Waals surface area (Å²) < 4.78 is 26.1. The third kappa shape index (κ3) is 3.65. The van der Waals surface area contributed by atoms with E-state index in [2.05, 4.69) is 5.32 Å². The first-order valence-corrected chi connectivity index (χ1v) is 6.19. The molecular formula is C14H13F2N3O2. The second kappa shape index (κ2) is 6.17. The first-order chi connectivity index (χ1) is 9.97. The Balaban J connectivity index is 2.07. The third-order valence-corrected chi connectivity index (χ3v) is 2.90. The van der Waals surface area contributed by atoms with Gasteiger partial charge in [-0.2, -0.15) is 0 Å². The van der Waals surface area contributed by atoms with Crippen LogP contribution in [0.5, 0.6) is 0 Å². The van der Waals surface area contributed by atoms with Gasteiger partial charge in [-0.3, -0.25) is 10.1 Å². The van der Waals surface area contributed by atoms with Crippen LogP contribution in [0.2, 0.25) is 0 Å². The van der Waals surface area contributed by atoms with Crippen LogP contribution < -0.4 is 11.1 Å². The molecule has 0 fully saturated rings. The molecular weight excluding hydrogens is 280 g/mol. The Bertz CT molecular complexity index is 657. The summed E-state index contributed by atoms with van der Waals surface area (Å²) in [6.45, 7) is 0.285. The number of nitrogens with two attached hydrogens (primary N) is 1. The maximum atomic E-state index is 13.0. The molecule has 21 heavy (non-hydrogen) atoms. The van der Waals surface area contributed by atoms with Crippen LogP contribution in [0, 0.1) is 21.7 Å². The van der Waals surface area contributed by atoms with Crippen LogP contribution in [0.15, 0.2) is 36.4 Å². The zero-order chi connectivity index (χ0) is 15.4. The number of nitro benzene ring substituents is 1. The van der Waals surface area contributed by atoms with Gasteiger partial charge >= 0.3 is 5.69 Å². The zero-order valence-electron chi connectivity index (χ0n) is 11.0. The number of hydrogen-bond acceptors (Lipinski definition) is 4. The van der Waals surface area contributed by atoms with Crippen molar-refractivity contribution in [1.29, 1.82) is 0 Å². The van der Waals surface area contributed by atoms with Crippen LogP contribution >= 0.6 is 0 Å². The Hall–Kier alpha value is -2.70. The van der Waals surface area contributed by atoms with Gasteiger partial charge in [-0.15, -0.1) is 0 Å². The molecule has 2 aromatic rings. The average molecular weight is 293 g/mol. The molecule has 7 heteroatoms. The Kier molecular flexibility index (Phi) is 4.32. The van der Waals surface area contributed by atoms with E-state index in [1.165, 1.54) is 24.3 Å². The minimum Gasteiger partial charge on any atom is -0.393 e. The van der Waals surface area contributed by atoms with Gasteiger partial charge in [-0.25, -0.2) is 8.78 Å². The maximum Gasteiger partial charge on any atom is 0.314 e. The summed E-state index contributed by atoms with van der Waals surface area (Å²) in [6, 6.07) is 7.79. The highest BCUT2D eigenvalue weighted by Gasteiger charge is 2.17. The SMILES string of the molecule is Nc1cccc(NCCc2cc(F)cc(F)c2)c1[N+](=O)[O-]. The van der Waals surface area contributed by atoms with Crippen molar-refractivity contribution in [1.82, 2.24) is 0 Å². The second-order valence-electron chi connectivity index (χ2n) is 4.45. The van der Waals surface area contributed by atoms with Crippen LogP contribution in [0.4, 0.5) is 25.8 Å². The van der Waals surface area contributed by atoms with E-state index in [1.807, 2.05) is 0 Å². The molecule has 2 rings (SSSR count). The molecule has 2 aromatic carbocycles. The van der Waals surface area contributed by atoms with Crippen LogP contribution in [0.1, 0.15) is 5.56 Å². The molecule has 0 heterocycles. The van der Waals surface area contributed by atoms with Crippen LogP contribution in [0.3, 0.4) is 0 Å². The number of hydrogen-bond donors (Lipinski definition) is 2. The molecule has 0 aromatic heterocycles. The molecule has 0 aliphatic carbocycles. The molecule has 0 unspecified atom stereocenters. The summed E-state index contributed by atoms with van der Waals surface area (Å²) in [6.07, 6.45) is 0.320. The predicted octanol–water partition coefficient (Wildman–Crippen LogP) is 3.11. The monoisotopic (exact) mass is 293 g/mol. The topological polar surface area (TPSA) is 81.2 Å². The zero-order valence-corrected chi connectivity index (χ0v) is 11.0. The normalized spacial score (nSPS) is 10.4. The largest absolute Gasteiger partial charge is 0.393 e. The smallest absolute Gasteiger partial charge is 0.314 e. The van der Waals surface area contributed by atoms with E-state index in [1.54, 1.807) is 6.07 Å². The van der Waals surface area contributed by atoms with Gasteiger partial charge in [0.1, 0.15) is 23.0 Å². The molecule has 5 nitrogen and oxygen atoms in total. The highest BCUT2D eigenvalue weighted by molar-refractivity contribution is 5.74. The quantitative estimate of drug-likeness (QED) is 0.504. The third-order valence-electron chi connectivity index (χ3n) is 2.90. The molecule has 0 saturated heterocycles. The van der Waals surface area contributed by atoms with Crippen molar-refractivity contribution in [3.8, 4) is 0 Å². The van der Waals surface area contributed by atoms with Crippen LogP contribution in [-0.4, -0.2) is 11.5 Å². The number of para-hydroxylation sites is 1. The molecule has 0 atom stereocenters. The van der Waals surface area contributed by atoms with Gasteiger partial charge in [-0.05, 0) is 36.2 Å². The van der Waals surface area contributed by atoms with Crippen LogP contribution in [0.25, 0.3) is 0 Å². The number of anilines is 2. The van der Waals surface area contributed by atoms with E-state index >= 15 is 0 Å². The molecule has 0 amide bonds. The molecule has 0 radical (unpaired) electrons. The van der Waals surface area contributed by atoms with Crippen molar-refractivity contribution in [2.75, 3.05) is 17.6 Å². The lowest BCUT2D eigenvalue weighted by molar-refractivity contribution is -0.383. The minimum atomic E-state index is -0.653. The van der Waals surface area contributed by atoms with Crippen molar-refractivity contribution in [3.05, 3.63) is 63.7 Å². The van der Waals surface area contributed by atoms with Gasteiger partial charge in [0.15, 0.2) is 0 Å². The summed E-state index contributed by atoms with van der Waals surface area (Å²) in [7, 11) is 0. The van der Waals surface area contributed by atoms with Crippen molar-refractivity contribution in [3.63, 3.8) is 0 Å². The molecule has 0 bridgehead atoms. The lowest BCUT2D eigenvalue weighted by atomic mass is 10.1. The lowest BCUT2D eigenvalue weighted by Gasteiger charge is -2.08. The number of nitrogens with one attached hydrogen (secondary N) is 1. The van der Waals surface area contributed by atoms with Gasteiger partial charge in [0.05, 0.1) is 4.92 Å². The molecule has 0 spiro atoms. The first-order valence-electron chi connectivity index (χ1n) is 6.19. The van der Waals surface area contributed by atoms with Crippen LogP contribution in [-0.2, 0) is 6.42 Å². The summed E-state index contributed by atoms with van der Waals surface area (Å²) in [5.41, 5.74) is 6.15. The summed E-state index contributed by atoms with van der Waals surface area (Å²) in [4.78, 5) is 10.4. The lowest BCUT2D eigenvalue weighted by Crippen LogP contribution is -2.08. The molecule has 0 aliphatic heterocycles. The van der Waals surface area contributed by atoms with Gasteiger partial charge < -0.3 is 11.1 Å². The van der Waals surface area contributed by atoms with E-state index in [4.69, 9.17) is 5.73 Å². The Morgan fingerprint density at radius 3 is 2.48 bits per heavy atom. The number of nitro groups is 1. The second-order valence-corrected chi connectivity index (χ2v) is 4.45. The van der Waals surface area contributed by atoms with Gasteiger partial charge in [0.2, 0.25) is 0 Å². The number of halogens is 2. The molecule has 110 valence electrons. The summed E-state index contributed by atoms with van der Waals surface area (Å²) in [5, 5.41) is 13.8. The molecule has 0 saturated carbocycles. The first kappa shape index (κ1) is 14.7. The molecule has 3 N–H and O–H groups in total. The standard InChI is InChI=1S/C14H13F2N3O2/c15-10-6-9(7-11(16)8-10)4-5-18-13-3-1-2-12(17)14(13)19(20)21/h1-3,6-8,18H,4-5,17H2. The van der Waals surface area contributed by atoms with E-state index in [0.717, 1.165) is 6.07 Å². The average Bonchev–Trinajstić information content (AvgIpc) is 2.37. The van der Waals surface area contributed by atoms with Crippen molar-refractivity contribution >= 4 is 17.1 Å². The predicted molar refractivity (Wildman–Crippen MR) is 76.1 cm³/mol. The van der Waals surface area contributed by atoms with Gasteiger partial charge in [0, 0.05) is 12.6 Å².